The highest BCUT2D eigenvalue weighted by Crippen LogP contribution is 2.37. The average molecular weight is 348 g/mol. The van der Waals surface area contributed by atoms with Gasteiger partial charge in [0.1, 0.15) is 5.75 Å². The SMILES string of the molecule is CC[C@@H]1c2ccsc2CCN1C(=O)[C@@H]1Cc2cc(Cl)ccc2O1. The third-order valence-corrected chi connectivity index (χ3v) is 5.97. The molecule has 1 aromatic carbocycles. The lowest BCUT2D eigenvalue weighted by Crippen LogP contribution is -2.46. The summed E-state index contributed by atoms with van der Waals surface area (Å²) in [6.45, 7) is 2.92. The monoisotopic (exact) mass is 347 g/mol. The van der Waals surface area contributed by atoms with E-state index in [-0.39, 0.29) is 11.9 Å². The van der Waals surface area contributed by atoms with Crippen LogP contribution in [0.4, 0.5) is 0 Å². The number of amides is 1. The summed E-state index contributed by atoms with van der Waals surface area (Å²) in [6.07, 6.45) is 2.07. The molecule has 0 aliphatic carbocycles. The van der Waals surface area contributed by atoms with Crippen molar-refractivity contribution in [2.24, 2.45) is 0 Å². The van der Waals surface area contributed by atoms with Crippen molar-refractivity contribution in [3.63, 3.8) is 0 Å². The molecule has 1 amide bonds. The molecule has 3 nitrogen and oxygen atoms in total. The molecule has 0 bridgehead atoms. The zero-order valence-electron chi connectivity index (χ0n) is 12.9. The van der Waals surface area contributed by atoms with Crippen LogP contribution in [0, 0.1) is 0 Å². The van der Waals surface area contributed by atoms with Crippen molar-refractivity contribution in [2.75, 3.05) is 6.54 Å². The van der Waals surface area contributed by atoms with Gasteiger partial charge in [-0.05, 0) is 53.6 Å². The number of fused-ring (bicyclic) bond motifs is 2. The molecule has 5 heteroatoms. The predicted molar refractivity (Wildman–Crippen MR) is 92.3 cm³/mol. The van der Waals surface area contributed by atoms with Crippen molar-refractivity contribution in [3.8, 4) is 5.75 Å². The third-order valence-electron chi connectivity index (χ3n) is 4.74. The quantitative estimate of drug-likeness (QED) is 0.813. The van der Waals surface area contributed by atoms with Crippen LogP contribution in [0.15, 0.2) is 29.6 Å². The van der Waals surface area contributed by atoms with Crippen molar-refractivity contribution in [1.82, 2.24) is 4.90 Å². The van der Waals surface area contributed by atoms with E-state index >= 15 is 0 Å². The van der Waals surface area contributed by atoms with Gasteiger partial charge < -0.3 is 9.64 Å². The lowest BCUT2D eigenvalue weighted by molar-refractivity contribution is -0.141. The first-order valence-electron chi connectivity index (χ1n) is 7.99. The molecule has 1 aromatic heterocycles. The highest BCUT2D eigenvalue weighted by Gasteiger charge is 2.37. The van der Waals surface area contributed by atoms with Crippen LogP contribution in [-0.4, -0.2) is 23.5 Å². The van der Waals surface area contributed by atoms with Gasteiger partial charge in [-0.25, -0.2) is 0 Å². The Labute approximate surface area is 144 Å². The topological polar surface area (TPSA) is 29.5 Å². The highest BCUT2D eigenvalue weighted by molar-refractivity contribution is 7.10. The Hall–Kier alpha value is -1.52. The van der Waals surface area contributed by atoms with E-state index in [0.29, 0.717) is 11.4 Å². The Balaban J connectivity index is 1.56. The molecule has 2 aliphatic rings. The van der Waals surface area contributed by atoms with Gasteiger partial charge in [0.15, 0.2) is 6.10 Å². The summed E-state index contributed by atoms with van der Waals surface area (Å²) in [5.74, 6) is 0.884. The van der Waals surface area contributed by atoms with E-state index in [9.17, 15) is 4.79 Å². The number of halogens is 1. The maximum atomic E-state index is 13.0. The molecular weight excluding hydrogens is 330 g/mol. The van der Waals surface area contributed by atoms with E-state index in [4.69, 9.17) is 16.3 Å². The summed E-state index contributed by atoms with van der Waals surface area (Å²) >= 11 is 7.84. The van der Waals surface area contributed by atoms with Crippen LogP contribution >= 0.6 is 22.9 Å². The molecule has 0 saturated heterocycles. The van der Waals surface area contributed by atoms with Gasteiger partial charge in [0.05, 0.1) is 6.04 Å². The Bertz CT molecular complexity index is 757. The fourth-order valence-electron chi connectivity index (χ4n) is 3.64. The number of rotatable bonds is 2. The van der Waals surface area contributed by atoms with Gasteiger partial charge in [-0.15, -0.1) is 11.3 Å². The molecular formula is C18H18ClNO2S. The summed E-state index contributed by atoms with van der Waals surface area (Å²) < 4.78 is 5.89. The highest BCUT2D eigenvalue weighted by atomic mass is 35.5. The minimum atomic E-state index is -0.419. The first kappa shape index (κ1) is 15.0. The average Bonchev–Trinajstić information content (AvgIpc) is 3.18. The lowest BCUT2D eigenvalue weighted by Gasteiger charge is -2.36. The number of hydrogen-bond donors (Lipinski definition) is 0. The van der Waals surface area contributed by atoms with Crippen molar-refractivity contribution in [1.29, 1.82) is 0 Å². The lowest BCUT2D eigenvalue weighted by atomic mass is 9.96. The molecule has 2 aliphatic heterocycles. The van der Waals surface area contributed by atoms with Gasteiger partial charge in [-0.3, -0.25) is 4.79 Å². The van der Waals surface area contributed by atoms with Crippen molar-refractivity contribution >= 4 is 28.8 Å². The van der Waals surface area contributed by atoms with Crippen LogP contribution in [0.3, 0.4) is 0 Å². The summed E-state index contributed by atoms with van der Waals surface area (Å²) in [4.78, 5) is 16.5. The molecule has 120 valence electrons. The van der Waals surface area contributed by atoms with Crippen molar-refractivity contribution in [2.45, 2.75) is 38.3 Å². The summed E-state index contributed by atoms with van der Waals surface area (Å²) in [5.41, 5.74) is 2.34. The molecule has 2 aromatic rings. The largest absolute Gasteiger partial charge is 0.480 e. The number of carbonyl (C=O) groups is 1. The Kier molecular flexibility index (Phi) is 3.82. The number of carbonyl (C=O) groups excluding carboxylic acids is 1. The zero-order chi connectivity index (χ0) is 16.0. The Morgan fingerprint density at radius 1 is 1.43 bits per heavy atom. The molecule has 0 saturated carbocycles. The Morgan fingerprint density at radius 3 is 3.13 bits per heavy atom. The predicted octanol–water partition coefficient (Wildman–Crippen LogP) is 4.24. The van der Waals surface area contributed by atoms with Gasteiger partial charge in [-0.2, -0.15) is 0 Å². The number of nitrogens with zero attached hydrogens (tertiary/aromatic N) is 1. The van der Waals surface area contributed by atoms with Crippen molar-refractivity contribution in [3.05, 3.63) is 50.7 Å². The normalized spacial score (nSPS) is 22.4. The second-order valence-electron chi connectivity index (χ2n) is 6.07. The molecule has 2 atom stereocenters. The van der Waals surface area contributed by atoms with Crippen LogP contribution in [0.2, 0.25) is 5.02 Å². The molecule has 3 heterocycles. The molecule has 4 rings (SSSR count). The van der Waals surface area contributed by atoms with Gasteiger partial charge in [-0.1, -0.05) is 18.5 Å². The van der Waals surface area contributed by atoms with Crippen molar-refractivity contribution < 1.29 is 9.53 Å². The van der Waals surface area contributed by atoms with Gasteiger partial charge in [0.2, 0.25) is 0 Å². The van der Waals surface area contributed by atoms with Crippen LogP contribution in [-0.2, 0) is 17.6 Å². The summed E-state index contributed by atoms with van der Waals surface area (Å²) in [5, 5.41) is 2.82. The van der Waals surface area contributed by atoms with Crippen LogP contribution < -0.4 is 4.74 Å². The van der Waals surface area contributed by atoms with E-state index in [0.717, 1.165) is 30.7 Å². The minimum Gasteiger partial charge on any atom is -0.480 e. The third kappa shape index (κ3) is 2.54. The van der Waals surface area contributed by atoms with Gasteiger partial charge in [0, 0.05) is 22.9 Å². The maximum Gasteiger partial charge on any atom is 0.264 e. The number of benzene rings is 1. The molecule has 0 radical (unpaired) electrons. The van der Waals surface area contributed by atoms with Gasteiger partial charge >= 0.3 is 0 Å². The summed E-state index contributed by atoms with van der Waals surface area (Å²) in [7, 11) is 0. The second kappa shape index (κ2) is 5.84. The summed E-state index contributed by atoms with van der Waals surface area (Å²) in [6, 6.07) is 7.90. The standard InChI is InChI=1S/C18H18ClNO2S/c1-2-14-13-6-8-23-17(13)5-7-20(14)18(21)16-10-11-9-12(19)3-4-15(11)22-16/h3-4,6,8-9,14,16H,2,5,7,10H2,1H3/t14-,16+/m1/s1. The molecule has 0 fully saturated rings. The number of thiophene rings is 1. The Morgan fingerprint density at radius 2 is 2.30 bits per heavy atom. The maximum absolute atomic E-state index is 13.0. The molecule has 23 heavy (non-hydrogen) atoms. The van der Waals surface area contributed by atoms with E-state index in [2.05, 4.69) is 18.4 Å². The first-order valence-corrected chi connectivity index (χ1v) is 9.25. The molecule has 0 N–H and O–H groups in total. The van der Waals surface area contributed by atoms with Crippen LogP contribution in [0.25, 0.3) is 0 Å². The number of hydrogen-bond acceptors (Lipinski definition) is 3. The van der Waals surface area contributed by atoms with Crippen LogP contribution in [0.1, 0.15) is 35.4 Å². The number of ether oxygens (including phenoxy) is 1. The van der Waals surface area contributed by atoms with E-state index < -0.39 is 6.10 Å². The first-order chi connectivity index (χ1) is 11.2. The fraction of sp³-hybridized carbons (Fsp3) is 0.389. The molecule has 0 spiro atoms. The minimum absolute atomic E-state index is 0.0982. The van der Waals surface area contributed by atoms with E-state index in [1.54, 1.807) is 17.4 Å². The van der Waals surface area contributed by atoms with E-state index in [1.807, 2.05) is 17.0 Å². The zero-order valence-corrected chi connectivity index (χ0v) is 14.5. The van der Waals surface area contributed by atoms with Gasteiger partial charge in [0.25, 0.3) is 5.91 Å². The smallest absolute Gasteiger partial charge is 0.264 e. The second-order valence-corrected chi connectivity index (χ2v) is 7.50. The van der Waals surface area contributed by atoms with E-state index in [1.165, 1.54) is 10.4 Å². The van der Waals surface area contributed by atoms with Crippen LogP contribution in [0.5, 0.6) is 5.75 Å². The fourth-order valence-corrected chi connectivity index (χ4v) is 4.76. The molecule has 0 unspecified atom stereocenters.